The van der Waals surface area contributed by atoms with Gasteiger partial charge >= 0.3 is 39.8 Å². The molecule has 0 heterocycles. The average molecular weight is 689 g/mol. The Morgan fingerprint density at radius 1 is 0.837 bits per heavy atom. The topological polar surface area (TPSA) is 145 Å². The molecule has 0 aliphatic heterocycles. The zero-order chi connectivity index (χ0) is 33.3. The maximum atomic E-state index is 11.9. The van der Waals surface area contributed by atoms with Gasteiger partial charge in [-0.1, -0.05) is 27.0 Å². The quantitative estimate of drug-likeness (QED) is 0.160. The lowest BCUT2D eigenvalue weighted by Crippen LogP contribution is -2.38. The Bertz CT molecular complexity index is 1180. The Morgan fingerprint density at radius 3 is 1.65 bits per heavy atom. The van der Waals surface area contributed by atoms with Crippen molar-refractivity contribution in [3.05, 3.63) is 24.3 Å². The zero-order valence-electron chi connectivity index (χ0n) is 22.1. The summed E-state index contributed by atoms with van der Waals surface area (Å²) in [5.74, 6) is -1.03. The van der Waals surface area contributed by atoms with Gasteiger partial charge in [0.15, 0.2) is 0 Å². The number of methoxy groups -OCH3 is 1. The molecular weight excluding hydrogens is 655 g/mol. The molecule has 0 aromatic carbocycles. The zero-order valence-corrected chi connectivity index (χ0v) is 23.7. The van der Waals surface area contributed by atoms with Crippen LogP contribution in [0.5, 0.6) is 0 Å². The van der Waals surface area contributed by atoms with E-state index in [1.165, 1.54) is 31.9 Å². The number of hydrogen-bond acceptors (Lipinski definition) is 8. The molecule has 10 nitrogen and oxygen atoms in total. The van der Waals surface area contributed by atoms with E-state index in [9.17, 15) is 65.9 Å². The molecule has 2 aliphatic carbocycles. The molecule has 0 spiro atoms. The van der Waals surface area contributed by atoms with Crippen LogP contribution in [0.25, 0.3) is 0 Å². The van der Waals surface area contributed by atoms with Crippen LogP contribution in [0, 0.1) is 17.8 Å². The molecule has 3 unspecified atom stereocenters. The van der Waals surface area contributed by atoms with Gasteiger partial charge in [-0.3, -0.25) is 0 Å². The van der Waals surface area contributed by atoms with Gasteiger partial charge in [0, 0.05) is 13.1 Å². The third-order valence-corrected chi connectivity index (χ3v) is 7.67. The van der Waals surface area contributed by atoms with E-state index in [2.05, 4.69) is 27.4 Å². The molecule has 2 rings (SSSR count). The second-order valence-corrected chi connectivity index (χ2v) is 12.6. The van der Waals surface area contributed by atoms with Crippen molar-refractivity contribution in [2.75, 3.05) is 33.1 Å². The van der Waals surface area contributed by atoms with E-state index in [1.807, 2.05) is 0 Å². The number of fused-ring (bicyclic) bond motifs is 2. The Kier molecular flexibility index (Phi) is 16.5. The second-order valence-electron chi connectivity index (χ2n) is 8.98. The van der Waals surface area contributed by atoms with E-state index < -0.39 is 74.1 Å². The van der Waals surface area contributed by atoms with Gasteiger partial charge in [-0.25, -0.2) is 35.9 Å². The summed E-state index contributed by atoms with van der Waals surface area (Å²) in [4.78, 5) is 20.8. The standard InChI is InChI=1S/C9H17NO2S.C7H7F6NO4S.C5H5F3O2.CH4/c1-13(11,12)10-6-9-5-7-2-3-8(9)4-7;1-4(6(8,9)10)5(15)18-3-2-14-19(16,17)7(11,12)13;1-3(4(9)10-2)5(6,7)8;/h7-10H,2-6H2,1H3;14H,1-3H2;1H2,2H3;1H4. The van der Waals surface area contributed by atoms with Gasteiger partial charge in [0.25, 0.3) is 0 Å². The first-order chi connectivity index (χ1) is 18.7. The third-order valence-electron chi connectivity index (χ3n) is 5.79. The van der Waals surface area contributed by atoms with E-state index in [4.69, 9.17) is 0 Å². The number of esters is 2. The smallest absolute Gasteiger partial charge is 0.465 e. The highest BCUT2D eigenvalue weighted by Gasteiger charge is 2.45. The summed E-state index contributed by atoms with van der Waals surface area (Å²) in [5.41, 5.74) is -8.91. The summed E-state index contributed by atoms with van der Waals surface area (Å²) in [6.07, 6.45) is -3.21. The first-order valence-corrected chi connectivity index (χ1v) is 14.9. The maximum Gasteiger partial charge on any atom is 0.511 e. The van der Waals surface area contributed by atoms with Crippen LogP contribution in [0.3, 0.4) is 0 Å². The van der Waals surface area contributed by atoms with Crippen LogP contribution in [-0.2, 0) is 39.1 Å². The number of carbonyl (C=O) groups excluding carboxylic acids is 2. The molecule has 0 saturated heterocycles. The number of carbonyl (C=O) groups is 2. The Hall–Kier alpha value is -2.39. The summed E-state index contributed by atoms with van der Waals surface area (Å²) in [7, 11) is -7.75. The minimum absolute atomic E-state index is 0. The molecule has 0 aromatic heterocycles. The SMILES string of the molecule is C.C=C(C(=O)OC)C(F)(F)F.C=C(C(=O)OCCNS(=O)(=O)C(F)(F)F)C(F)(F)F.CS(=O)(=O)NCC1CC2CCC1C2. The summed E-state index contributed by atoms with van der Waals surface area (Å²) in [6.45, 7) is 3.50. The number of rotatable bonds is 9. The average Bonchev–Trinajstić information content (AvgIpc) is 3.46. The molecule has 0 radical (unpaired) electrons. The van der Waals surface area contributed by atoms with Gasteiger partial charge in [-0.05, 0) is 37.0 Å². The molecule has 2 aliphatic rings. The predicted molar refractivity (Wildman–Crippen MR) is 135 cm³/mol. The maximum absolute atomic E-state index is 11.9. The lowest BCUT2D eigenvalue weighted by molar-refractivity contribution is -0.151. The molecule has 2 N–H and O–H groups in total. The molecular formula is C22H33F9N2O8S2. The summed E-state index contributed by atoms with van der Waals surface area (Å²) < 4.78 is 159. The van der Waals surface area contributed by atoms with Crippen molar-refractivity contribution in [1.82, 2.24) is 9.44 Å². The lowest BCUT2D eigenvalue weighted by Gasteiger charge is -2.21. The van der Waals surface area contributed by atoms with Crippen LogP contribution in [0.1, 0.15) is 33.1 Å². The van der Waals surface area contributed by atoms with Gasteiger partial charge < -0.3 is 9.47 Å². The van der Waals surface area contributed by atoms with Crippen molar-refractivity contribution in [2.24, 2.45) is 17.8 Å². The first kappa shape index (κ1) is 42.7. The fourth-order valence-corrected chi connectivity index (χ4v) is 4.76. The Labute approximate surface area is 243 Å². The van der Waals surface area contributed by atoms with Crippen LogP contribution >= 0.6 is 0 Å². The van der Waals surface area contributed by atoms with Gasteiger partial charge in [0.1, 0.15) is 17.8 Å². The molecule has 3 atom stereocenters. The fraction of sp³-hybridized carbons (Fsp3) is 0.727. The third kappa shape index (κ3) is 15.8. The first-order valence-electron chi connectivity index (χ1n) is 11.5. The number of alkyl halides is 9. The fourth-order valence-electron chi connectivity index (χ4n) is 3.73. The van der Waals surface area contributed by atoms with Crippen molar-refractivity contribution in [3.8, 4) is 0 Å². The second kappa shape index (κ2) is 16.6. The number of halogens is 9. The number of nitrogens with one attached hydrogen (secondary N) is 2. The van der Waals surface area contributed by atoms with Crippen LogP contribution < -0.4 is 9.44 Å². The highest BCUT2D eigenvalue weighted by atomic mass is 32.2. The van der Waals surface area contributed by atoms with E-state index in [0.717, 1.165) is 23.7 Å². The number of hydrogen-bond donors (Lipinski definition) is 2. The van der Waals surface area contributed by atoms with Crippen molar-refractivity contribution in [2.45, 2.75) is 51.0 Å². The Balaban J connectivity index is 0. The monoisotopic (exact) mass is 688 g/mol. The van der Waals surface area contributed by atoms with Gasteiger partial charge in [0.05, 0.1) is 13.4 Å². The predicted octanol–water partition coefficient (Wildman–Crippen LogP) is 3.97. The molecule has 43 heavy (non-hydrogen) atoms. The van der Waals surface area contributed by atoms with E-state index in [0.29, 0.717) is 12.5 Å². The van der Waals surface area contributed by atoms with E-state index >= 15 is 0 Å². The van der Waals surface area contributed by atoms with Crippen LogP contribution in [0.4, 0.5) is 39.5 Å². The van der Waals surface area contributed by atoms with Crippen LogP contribution in [0.15, 0.2) is 24.3 Å². The van der Waals surface area contributed by atoms with Crippen molar-refractivity contribution < 1.29 is 75.4 Å². The number of ether oxygens (including phenoxy) is 2. The molecule has 2 fully saturated rings. The van der Waals surface area contributed by atoms with E-state index in [1.54, 1.807) is 0 Å². The van der Waals surface area contributed by atoms with Crippen molar-refractivity contribution >= 4 is 32.0 Å². The molecule has 21 heteroatoms. The van der Waals surface area contributed by atoms with Gasteiger partial charge in [-0.15, -0.1) is 0 Å². The van der Waals surface area contributed by atoms with Gasteiger partial charge in [-0.2, -0.15) is 39.5 Å². The van der Waals surface area contributed by atoms with Crippen LogP contribution in [-0.4, -0.2) is 79.7 Å². The molecule has 2 saturated carbocycles. The van der Waals surface area contributed by atoms with Crippen LogP contribution in [0.2, 0.25) is 0 Å². The highest BCUT2D eigenvalue weighted by Crippen LogP contribution is 2.47. The largest absolute Gasteiger partial charge is 0.511 e. The lowest BCUT2D eigenvalue weighted by atomic mass is 9.89. The number of sulfonamides is 2. The summed E-state index contributed by atoms with van der Waals surface area (Å²) >= 11 is 0. The Morgan fingerprint density at radius 2 is 1.33 bits per heavy atom. The minimum Gasteiger partial charge on any atom is -0.465 e. The summed E-state index contributed by atoms with van der Waals surface area (Å²) in [5, 5.41) is 0. The van der Waals surface area contributed by atoms with Crippen molar-refractivity contribution in [1.29, 1.82) is 0 Å². The molecule has 0 amide bonds. The minimum atomic E-state index is -5.63. The van der Waals surface area contributed by atoms with Crippen molar-refractivity contribution in [3.63, 3.8) is 0 Å². The normalized spacial score (nSPS) is 19.9. The molecule has 0 aromatic rings. The highest BCUT2D eigenvalue weighted by molar-refractivity contribution is 7.90. The molecule has 2 bridgehead atoms. The summed E-state index contributed by atoms with van der Waals surface area (Å²) in [6, 6.07) is 0. The van der Waals surface area contributed by atoms with Gasteiger partial charge in [0.2, 0.25) is 10.0 Å². The molecule has 254 valence electrons. The van der Waals surface area contributed by atoms with E-state index in [-0.39, 0.29) is 7.43 Å².